The minimum absolute atomic E-state index is 0.0199. The quantitative estimate of drug-likeness (QED) is 0.774. The number of aromatic amines is 2. The first-order valence-electron chi connectivity index (χ1n) is 6.87. The van der Waals surface area contributed by atoms with Gasteiger partial charge >= 0.3 is 5.69 Å². The SMILES string of the molecule is Cc1ccc([C@H](C)n2nc(CF)c3c(=O)[nH]c(=O)[nH]c32)cc1. The highest BCUT2D eigenvalue weighted by molar-refractivity contribution is 5.77. The molecule has 7 heteroatoms. The maximum absolute atomic E-state index is 13.1. The second-order valence-corrected chi connectivity index (χ2v) is 5.24. The molecule has 0 aliphatic carbocycles. The third-order valence-corrected chi connectivity index (χ3v) is 3.72. The highest BCUT2D eigenvalue weighted by Gasteiger charge is 2.19. The van der Waals surface area contributed by atoms with Crippen LogP contribution in [0.25, 0.3) is 11.0 Å². The Morgan fingerprint density at radius 2 is 1.91 bits per heavy atom. The number of aryl methyl sites for hydroxylation is 1. The second kappa shape index (κ2) is 5.25. The van der Waals surface area contributed by atoms with Gasteiger partial charge in [-0.1, -0.05) is 29.8 Å². The lowest BCUT2D eigenvalue weighted by molar-refractivity contribution is 0.465. The third kappa shape index (κ3) is 2.24. The highest BCUT2D eigenvalue weighted by atomic mass is 19.1. The number of hydrogen-bond acceptors (Lipinski definition) is 3. The van der Waals surface area contributed by atoms with E-state index in [0.29, 0.717) is 0 Å². The van der Waals surface area contributed by atoms with Gasteiger partial charge in [0.2, 0.25) is 0 Å². The molecule has 22 heavy (non-hydrogen) atoms. The summed E-state index contributed by atoms with van der Waals surface area (Å²) < 4.78 is 14.6. The van der Waals surface area contributed by atoms with Crippen LogP contribution in [-0.2, 0) is 6.67 Å². The van der Waals surface area contributed by atoms with E-state index in [1.54, 1.807) is 0 Å². The van der Waals surface area contributed by atoms with Gasteiger partial charge in [0.25, 0.3) is 5.56 Å². The van der Waals surface area contributed by atoms with E-state index in [4.69, 9.17) is 0 Å². The van der Waals surface area contributed by atoms with Crippen molar-refractivity contribution < 1.29 is 4.39 Å². The number of halogens is 1. The van der Waals surface area contributed by atoms with Crippen molar-refractivity contribution in [1.82, 2.24) is 19.7 Å². The fraction of sp³-hybridized carbons (Fsp3) is 0.267. The Bertz CT molecular complexity index is 937. The van der Waals surface area contributed by atoms with Crippen molar-refractivity contribution in [2.24, 2.45) is 0 Å². The average Bonchev–Trinajstić information content (AvgIpc) is 2.86. The van der Waals surface area contributed by atoms with Gasteiger partial charge < -0.3 is 0 Å². The second-order valence-electron chi connectivity index (χ2n) is 5.24. The van der Waals surface area contributed by atoms with Gasteiger partial charge in [-0.2, -0.15) is 5.10 Å². The lowest BCUT2D eigenvalue weighted by Gasteiger charge is -2.13. The highest BCUT2D eigenvalue weighted by Crippen LogP contribution is 2.22. The van der Waals surface area contributed by atoms with Crippen molar-refractivity contribution >= 4 is 11.0 Å². The summed E-state index contributed by atoms with van der Waals surface area (Å²) in [5, 5.41) is 4.24. The molecule has 1 aromatic carbocycles. The van der Waals surface area contributed by atoms with Crippen molar-refractivity contribution in [3.63, 3.8) is 0 Å². The Morgan fingerprint density at radius 1 is 1.23 bits per heavy atom. The Balaban J connectivity index is 2.24. The molecule has 0 aliphatic heterocycles. The molecule has 0 aliphatic rings. The lowest BCUT2D eigenvalue weighted by atomic mass is 10.1. The molecular formula is C15H15FN4O2. The number of nitrogens with one attached hydrogen (secondary N) is 2. The van der Waals surface area contributed by atoms with Gasteiger partial charge in [-0.15, -0.1) is 0 Å². The van der Waals surface area contributed by atoms with E-state index in [1.807, 2.05) is 38.1 Å². The summed E-state index contributed by atoms with van der Waals surface area (Å²) in [5.74, 6) is 0. The molecular weight excluding hydrogens is 287 g/mol. The van der Waals surface area contributed by atoms with Crippen molar-refractivity contribution in [3.05, 3.63) is 61.9 Å². The maximum atomic E-state index is 13.1. The molecule has 2 N–H and O–H groups in total. The maximum Gasteiger partial charge on any atom is 0.327 e. The van der Waals surface area contributed by atoms with Crippen molar-refractivity contribution in [1.29, 1.82) is 0 Å². The van der Waals surface area contributed by atoms with E-state index in [0.717, 1.165) is 11.1 Å². The Hall–Kier alpha value is -2.70. The first kappa shape index (κ1) is 14.2. The van der Waals surface area contributed by atoms with Crippen molar-refractivity contribution in [2.45, 2.75) is 26.6 Å². The summed E-state index contributed by atoms with van der Waals surface area (Å²) in [6.45, 7) is 2.98. The van der Waals surface area contributed by atoms with Gasteiger partial charge in [0, 0.05) is 0 Å². The zero-order chi connectivity index (χ0) is 15.9. The summed E-state index contributed by atoms with van der Waals surface area (Å²) in [7, 11) is 0. The normalized spacial score (nSPS) is 12.7. The van der Waals surface area contributed by atoms with Gasteiger partial charge in [0.15, 0.2) is 0 Å². The minimum Gasteiger partial charge on any atom is -0.291 e. The predicted molar refractivity (Wildman–Crippen MR) is 80.8 cm³/mol. The molecule has 0 unspecified atom stereocenters. The first-order valence-corrected chi connectivity index (χ1v) is 6.87. The van der Waals surface area contributed by atoms with Gasteiger partial charge in [0.05, 0.1) is 6.04 Å². The van der Waals surface area contributed by atoms with Crippen LogP contribution in [0.1, 0.15) is 29.8 Å². The van der Waals surface area contributed by atoms with Gasteiger partial charge in [-0.05, 0) is 19.4 Å². The monoisotopic (exact) mass is 302 g/mol. The van der Waals surface area contributed by atoms with Crippen LogP contribution in [0.2, 0.25) is 0 Å². The molecule has 1 atom stereocenters. The molecule has 0 saturated heterocycles. The van der Waals surface area contributed by atoms with Crippen LogP contribution in [0.5, 0.6) is 0 Å². The van der Waals surface area contributed by atoms with Gasteiger partial charge in [-0.25, -0.2) is 13.9 Å². The van der Waals surface area contributed by atoms with E-state index in [1.165, 1.54) is 4.68 Å². The first-order chi connectivity index (χ1) is 10.5. The number of rotatable bonds is 3. The number of aromatic nitrogens is 4. The number of alkyl halides is 1. The summed E-state index contributed by atoms with van der Waals surface area (Å²) >= 11 is 0. The van der Waals surface area contributed by atoms with Crippen LogP contribution in [-0.4, -0.2) is 19.7 Å². The number of fused-ring (bicyclic) bond motifs is 1. The average molecular weight is 302 g/mol. The molecule has 0 spiro atoms. The molecule has 3 aromatic rings. The molecule has 0 saturated carbocycles. The summed E-state index contributed by atoms with van der Waals surface area (Å²) in [6.07, 6.45) is 0. The van der Waals surface area contributed by atoms with E-state index < -0.39 is 17.9 Å². The number of nitrogens with zero attached hydrogens (tertiary/aromatic N) is 2. The molecule has 0 amide bonds. The molecule has 3 rings (SSSR count). The van der Waals surface area contributed by atoms with Crippen LogP contribution in [0.3, 0.4) is 0 Å². The molecule has 2 aromatic heterocycles. The van der Waals surface area contributed by atoms with E-state index >= 15 is 0 Å². The summed E-state index contributed by atoms with van der Waals surface area (Å²) in [4.78, 5) is 28.1. The van der Waals surface area contributed by atoms with Gasteiger partial charge in [-0.3, -0.25) is 14.8 Å². The Labute approximate surface area is 124 Å². The molecule has 114 valence electrons. The zero-order valence-corrected chi connectivity index (χ0v) is 12.2. The standard InChI is InChI=1S/C15H15FN4O2/c1-8-3-5-10(6-4-8)9(2)20-13-12(11(7-16)19-20)14(21)18-15(22)17-13/h3-6,9H,7H2,1-2H3,(H2,17,18,21,22)/t9-/m0/s1. The zero-order valence-electron chi connectivity index (χ0n) is 12.2. The van der Waals surface area contributed by atoms with Crippen LogP contribution in [0.4, 0.5) is 4.39 Å². The number of benzene rings is 1. The van der Waals surface area contributed by atoms with Crippen molar-refractivity contribution in [2.75, 3.05) is 0 Å². The summed E-state index contributed by atoms with van der Waals surface area (Å²) in [6, 6.07) is 7.55. The molecule has 0 bridgehead atoms. The van der Waals surface area contributed by atoms with Crippen molar-refractivity contribution in [3.8, 4) is 0 Å². The predicted octanol–water partition coefficient (Wildman–Crippen LogP) is 1.80. The van der Waals surface area contributed by atoms with E-state index in [-0.39, 0.29) is 22.8 Å². The summed E-state index contributed by atoms with van der Waals surface area (Å²) in [5.41, 5.74) is 1.05. The molecule has 0 radical (unpaired) electrons. The fourth-order valence-electron chi connectivity index (χ4n) is 2.50. The number of H-pyrrole nitrogens is 2. The van der Waals surface area contributed by atoms with Crippen LogP contribution in [0.15, 0.2) is 33.9 Å². The smallest absolute Gasteiger partial charge is 0.291 e. The van der Waals surface area contributed by atoms with Gasteiger partial charge in [0.1, 0.15) is 23.4 Å². The molecule has 6 nitrogen and oxygen atoms in total. The Kier molecular flexibility index (Phi) is 3.40. The van der Waals surface area contributed by atoms with E-state index in [2.05, 4.69) is 15.1 Å². The minimum atomic E-state index is -0.876. The Morgan fingerprint density at radius 3 is 2.55 bits per heavy atom. The third-order valence-electron chi connectivity index (χ3n) is 3.72. The fourth-order valence-corrected chi connectivity index (χ4v) is 2.50. The molecule has 0 fully saturated rings. The van der Waals surface area contributed by atoms with E-state index in [9.17, 15) is 14.0 Å². The number of hydrogen-bond donors (Lipinski definition) is 2. The van der Waals surface area contributed by atoms with Crippen LogP contribution >= 0.6 is 0 Å². The largest absolute Gasteiger partial charge is 0.327 e. The molecule has 2 heterocycles. The lowest BCUT2D eigenvalue weighted by Crippen LogP contribution is -2.23. The topological polar surface area (TPSA) is 83.5 Å². The van der Waals surface area contributed by atoms with Crippen LogP contribution in [0, 0.1) is 6.92 Å². The van der Waals surface area contributed by atoms with Crippen LogP contribution < -0.4 is 11.2 Å².